The van der Waals surface area contributed by atoms with Gasteiger partial charge in [0.25, 0.3) is 0 Å². The van der Waals surface area contributed by atoms with E-state index in [4.69, 9.17) is 9.47 Å². The lowest BCUT2D eigenvalue weighted by atomic mass is 9.90. The molecular weight excluding hydrogens is 625 g/mol. The molecule has 2 aliphatic rings. The number of rotatable bonds is 15. The zero-order valence-corrected chi connectivity index (χ0v) is 27.4. The van der Waals surface area contributed by atoms with Gasteiger partial charge in [-0.25, -0.2) is 4.39 Å². The van der Waals surface area contributed by atoms with Crippen LogP contribution in [0.25, 0.3) is 10.9 Å². The molecule has 8 nitrogen and oxygen atoms in total. The van der Waals surface area contributed by atoms with Crippen LogP contribution in [-0.2, 0) is 38.2 Å². The quantitative estimate of drug-likeness (QED) is 0.128. The summed E-state index contributed by atoms with van der Waals surface area (Å²) in [5.41, 5.74) is 1.38. The molecule has 0 spiro atoms. The summed E-state index contributed by atoms with van der Waals surface area (Å²) in [4.78, 5) is 13.6. The number of halogens is 3. The van der Waals surface area contributed by atoms with E-state index in [1.807, 2.05) is 54.8 Å². The van der Waals surface area contributed by atoms with E-state index < -0.39 is 35.0 Å². The minimum Gasteiger partial charge on any atom is -0.395 e. The van der Waals surface area contributed by atoms with Crippen LogP contribution in [0.1, 0.15) is 63.3 Å². The highest BCUT2D eigenvalue weighted by Gasteiger charge is 2.53. The zero-order chi connectivity index (χ0) is 34.1. The number of carbonyl (C=O) groups is 1. The summed E-state index contributed by atoms with van der Waals surface area (Å²) in [6, 6.07) is 18.9. The first kappa shape index (κ1) is 33.8. The number of unbranched alkanes of at least 4 members (excludes halogenated alkanes) is 1. The number of hydrogen-bond donors (Lipinski definition) is 2. The summed E-state index contributed by atoms with van der Waals surface area (Å²) in [5.74, 6) is -1.34. The van der Waals surface area contributed by atoms with E-state index in [-0.39, 0.29) is 30.3 Å². The third-order valence-corrected chi connectivity index (χ3v) is 8.99. The van der Waals surface area contributed by atoms with E-state index in [1.54, 1.807) is 12.1 Å². The number of anilines is 1. The van der Waals surface area contributed by atoms with Crippen LogP contribution in [0.2, 0.25) is 0 Å². The van der Waals surface area contributed by atoms with Crippen molar-refractivity contribution in [3.05, 3.63) is 89.4 Å². The predicted octanol–water partition coefficient (Wildman–Crippen LogP) is 7.44. The van der Waals surface area contributed by atoms with Gasteiger partial charge < -0.3 is 33.9 Å². The van der Waals surface area contributed by atoms with E-state index in [9.17, 15) is 18.7 Å². The summed E-state index contributed by atoms with van der Waals surface area (Å²) in [5, 5.41) is 14.5. The van der Waals surface area contributed by atoms with Gasteiger partial charge >= 0.3 is 6.29 Å². The Bertz CT molecular complexity index is 1770. The maximum Gasteiger partial charge on any atom is 0.586 e. The number of alkyl halides is 2. The van der Waals surface area contributed by atoms with Gasteiger partial charge in [-0.1, -0.05) is 63.6 Å². The van der Waals surface area contributed by atoms with Crippen LogP contribution in [0.3, 0.4) is 0 Å². The normalized spacial score (nSPS) is 16.6. The van der Waals surface area contributed by atoms with Gasteiger partial charge in [0.15, 0.2) is 11.5 Å². The second-order valence-electron chi connectivity index (χ2n) is 13.3. The fourth-order valence-corrected chi connectivity index (χ4v) is 6.20. The zero-order valence-electron chi connectivity index (χ0n) is 27.4. The minimum atomic E-state index is -3.77. The lowest BCUT2D eigenvalue weighted by Crippen LogP contribution is -2.31. The topological polar surface area (TPSA) is 91.2 Å². The predicted molar refractivity (Wildman–Crippen MR) is 175 cm³/mol. The van der Waals surface area contributed by atoms with Crippen LogP contribution in [0, 0.1) is 5.82 Å². The van der Waals surface area contributed by atoms with Crippen LogP contribution in [-0.4, -0.2) is 47.8 Å². The highest BCUT2D eigenvalue weighted by molar-refractivity contribution is 6.03. The van der Waals surface area contributed by atoms with Crippen molar-refractivity contribution < 1.29 is 42.0 Å². The van der Waals surface area contributed by atoms with Crippen molar-refractivity contribution in [1.29, 1.82) is 0 Å². The Hall–Kier alpha value is -4.06. The average molecular weight is 667 g/mol. The SMILES string of the molecule is CCCCOCC(C)(C)c1cc2cc(NC(=O)C3(c4ccc5c(c4)OC(F)(F)O5)CC3)c(F)cc2n1CC(O)COCc1ccccc1. The Morgan fingerprint density at radius 2 is 1.79 bits per heavy atom. The van der Waals surface area contributed by atoms with Crippen LogP contribution >= 0.6 is 0 Å². The molecule has 1 saturated carbocycles. The number of ether oxygens (including phenoxy) is 4. The fraction of sp³-hybridized carbons (Fsp3) is 0.432. The molecule has 4 aromatic rings. The van der Waals surface area contributed by atoms with Gasteiger partial charge in [0, 0.05) is 29.2 Å². The molecule has 1 fully saturated rings. The Labute approximate surface area is 277 Å². The Morgan fingerprint density at radius 1 is 1.04 bits per heavy atom. The van der Waals surface area contributed by atoms with E-state index in [2.05, 4.69) is 21.7 Å². The molecule has 1 unspecified atom stereocenters. The minimum absolute atomic E-state index is 0.00139. The number of carbonyl (C=O) groups excluding carboxylic acids is 1. The molecule has 1 aliphatic heterocycles. The number of nitrogens with zero attached hydrogens (tertiary/aromatic N) is 1. The number of hydrogen-bond acceptors (Lipinski definition) is 6. The van der Waals surface area contributed by atoms with Crippen molar-refractivity contribution in [3.63, 3.8) is 0 Å². The molecule has 3 aromatic carbocycles. The van der Waals surface area contributed by atoms with E-state index in [1.165, 1.54) is 18.2 Å². The van der Waals surface area contributed by atoms with Gasteiger partial charge in [0.05, 0.1) is 49.1 Å². The first-order valence-corrected chi connectivity index (χ1v) is 16.3. The maximum absolute atomic E-state index is 15.8. The number of nitrogens with one attached hydrogen (secondary N) is 1. The largest absolute Gasteiger partial charge is 0.586 e. The molecule has 0 bridgehead atoms. The van der Waals surface area contributed by atoms with E-state index in [0.717, 1.165) is 24.1 Å². The van der Waals surface area contributed by atoms with Gasteiger partial charge in [0.2, 0.25) is 5.91 Å². The van der Waals surface area contributed by atoms with Crippen LogP contribution in [0.15, 0.2) is 66.7 Å². The van der Waals surface area contributed by atoms with Crippen molar-refractivity contribution in [3.8, 4) is 11.5 Å². The van der Waals surface area contributed by atoms with Crippen LogP contribution in [0.4, 0.5) is 18.9 Å². The standard InChI is InChI=1S/C37H41F3N2O6/c1-4-5-15-45-23-35(2,3)33-17-25-16-29(28(38)19-30(25)42(33)20-27(43)22-46-21-24-9-7-6-8-10-24)41-34(44)36(13-14-36)26-11-12-31-32(18-26)48-37(39,40)47-31/h6-12,16-19,27,43H,4-5,13-15,20-23H2,1-3H3,(H,41,44). The van der Waals surface area contributed by atoms with E-state index >= 15 is 4.39 Å². The van der Waals surface area contributed by atoms with E-state index in [0.29, 0.717) is 49.1 Å². The summed E-state index contributed by atoms with van der Waals surface area (Å²) in [6.45, 7) is 7.81. The number of aliphatic hydroxyl groups is 1. The van der Waals surface area contributed by atoms with Crippen molar-refractivity contribution in [2.45, 2.75) is 82.8 Å². The fourth-order valence-electron chi connectivity index (χ4n) is 6.20. The number of amides is 1. The molecule has 48 heavy (non-hydrogen) atoms. The van der Waals surface area contributed by atoms with Crippen LogP contribution < -0.4 is 14.8 Å². The number of benzene rings is 3. The molecule has 2 heterocycles. The van der Waals surface area contributed by atoms with Gasteiger partial charge in [0.1, 0.15) is 5.82 Å². The summed E-state index contributed by atoms with van der Waals surface area (Å²) in [6.07, 6.45) is -1.76. The molecule has 1 amide bonds. The van der Waals surface area contributed by atoms with Crippen molar-refractivity contribution in [2.75, 3.05) is 25.1 Å². The Kier molecular flexibility index (Phi) is 9.48. The third kappa shape index (κ3) is 7.18. The van der Waals surface area contributed by atoms with Crippen molar-refractivity contribution in [1.82, 2.24) is 4.57 Å². The molecule has 1 aromatic heterocycles. The smallest absolute Gasteiger partial charge is 0.395 e. The number of aromatic nitrogens is 1. The van der Waals surface area contributed by atoms with Crippen molar-refractivity contribution >= 4 is 22.5 Å². The third-order valence-electron chi connectivity index (χ3n) is 8.99. The molecule has 1 atom stereocenters. The molecular formula is C37H41F3N2O6. The molecule has 1 aliphatic carbocycles. The monoisotopic (exact) mass is 666 g/mol. The lowest BCUT2D eigenvalue weighted by Gasteiger charge is -2.28. The second kappa shape index (κ2) is 13.4. The molecule has 0 radical (unpaired) electrons. The lowest BCUT2D eigenvalue weighted by molar-refractivity contribution is -0.286. The van der Waals surface area contributed by atoms with Gasteiger partial charge in [-0.15, -0.1) is 8.78 Å². The van der Waals surface area contributed by atoms with Gasteiger partial charge in [-0.2, -0.15) is 0 Å². The first-order chi connectivity index (χ1) is 22.9. The van der Waals surface area contributed by atoms with Gasteiger partial charge in [-0.3, -0.25) is 4.79 Å². The maximum atomic E-state index is 15.8. The Balaban J connectivity index is 1.24. The molecule has 2 N–H and O–H groups in total. The van der Waals surface area contributed by atoms with Gasteiger partial charge in [-0.05, 0) is 54.7 Å². The summed E-state index contributed by atoms with van der Waals surface area (Å²) < 4.78 is 65.7. The first-order valence-electron chi connectivity index (χ1n) is 16.3. The van der Waals surface area contributed by atoms with Crippen LogP contribution in [0.5, 0.6) is 11.5 Å². The number of aliphatic hydroxyl groups excluding tert-OH is 1. The molecule has 256 valence electrons. The summed E-state index contributed by atoms with van der Waals surface area (Å²) in [7, 11) is 0. The number of fused-ring (bicyclic) bond motifs is 2. The molecule has 0 saturated heterocycles. The average Bonchev–Trinajstić information content (AvgIpc) is 3.70. The van der Waals surface area contributed by atoms with Crippen molar-refractivity contribution in [2.24, 2.45) is 0 Å². The highest BCUT2D eigenvalue weighted by atomic mass is 19.3. The summed E-state index contributed by atoms with van der Waals surface area (Å²) >= 11 is 0. The molecule has 6 rings (SSSR count). The molecule has 11 heteroatoms. The second-order valence-corrected chi connectivity index (χ2v) is 13.3. The highest BCUT2D eigenvalue weighted by Crippen LogP contribution is 2.52. The Morgan fingerprint density at radius 3 is 2.52 bits per heavy atom.